The van der Waals surface area contributed by atoms with Crippen molar-refractivity contribution in [3.63, 3.8) is 0 Å². The smallest absolute Gasteiger partial charge is 0.274 e. The Morgan fingerprint density at radius 3 is 2.52 bits per heavy atom. The van der Waals surface area contributed by atoms with Gasteiger partial charge in [0.05, 0.1) is 0 Å². The molecule has 0 spiro atoms. The Hall–Kier alpha value is -2.99. The van der Waals surface area contributed by atoms with Crippen molar-refractivity contribution in [3.05, 3.63) is 77.0 Å². The zero-order valence-corrected chi connectivity index (χ0v) is 14.0. The number of rotatable bonds is 4. The topological polar surface area (TPSA) is 66.9 Å². The lowest BCUT2D eigenvalue weighted by molar-refractivity contribution is 0.102. The highest BCUT2D eigenvalue weighted by atomic mass is 35.5. The molecule has 0 radical (unpaired) electrons. The summed E-state index contributed by atoms with van der Waals surface area (Å²) >= 11 is 5.83. The van der Waals surface area contributed by atoms with Crippen LogP contribution >= 0.6 is 11.6 Å². The van der Waals surface area contributed by atoms with E-state index in [2.05, 4.69) is 20.6 Å². The molecule has 0 atom stereocenters. The van der Waals surface area contributed by atoms with Gasteiger partial charge in [-0.1, -0.05) is 17.7 Å². The third-order valence-corrected chi connectivity index (χ3v) is 3.52. The fraction of sp³-hybridized carbons (Fsp3) is 0.0556. The molecule has 0 saturated carbocycles. The van der Waals surface area contributed by atoms with Crippen LogP contribution in [0.3, 0.4) is 0 Å². The van der Waals surface area contributed by atoms with Crippen molar-refractivity contribution in [2.45, 2.75) is 6.92 Å². The SMILES string of the molecule is Cc1nc(Nc2cccc(F)c2)cc(C(=O)Nc2ccc(Cl)cc2)n1. The Balaban J connectivity index is 1.80. The second-order valence-corrected chi connectivity index (χ2v) is 5.72. The van der Waals surface area contributed by atoms with Gasteiger partial charge in [0.2, 0.25) is 0 Å². The van der Waals surface area contributed by atoms with E-state index in [9.17, 15) is 9.18 Å². The summed E-state index contributed by atoms with van der Waals surface area (Å²) in [6, 6.07) is 14.2. The van der Waals surface area contributed by atoms with Crippen molar-refractivity contribution in [1.82, 2.24) is 9.97 Å². The average Bonchev–Trinajstić information content (AvgIpc) is 2.56. The third-order valence-electron chi connectivity index (χ3n) is 3.27. The first-order valence-corrected chi connectivity index (χ1v) is 7.82. The number of benzene rings is 2. The molecule has 126 valence electrons. The molecule has 0 aliphatic heterocycles. The van der Waals surface area contributed by atoms with Crippen molar-refractivity contribution < 1.29 is 9.18 Å². The van der Waals surface area contributed by atoms with Crippen LogP contribution in [0.2, 0.25) is 5.02 Å². The van der Waals surface area contributed by atoms with E-state index in [-0.39, 0.29) is 17.4 Å². The lowest BCUT2D eigenvalue weighted by Gasteiger charge is -2.09. The molecule has 0 bridgehead atoms. The molecule has 5 nitrogen and oxygen atoms in total. The summed E-state index contributed by atoms with van der Waals surface area (Å²) in [6.45, 7) is 1.68. The van der Waals surface area contributed by atoms with E-state index >= 15 is 0 Å². The van der Waals surface area contributed by atoms with E-state index in [1.807, 2.05) is 0 Å². The summed E-state index contributed by atoms with van der Waals surface area (Å²) in [5, 5.41) is 6.28. The molecule has 0 aliphatic carbocycles. The zero-order valence-electron chi connectivity index (χ0n) is 13.3. The predicted molar refractivity (Wildman–Crippen MR) is 95.9 cm³/mol. The number of anilines is 3. The molecule has 2 aromatic carbocycles. The maximum absolute atomic E-state index is 13.3. The summed E-state index contributed by atoms with van der Waals surface area (Å²) in [5.41, 5.74) is 1.33. The van der Waals surface area contributed by atoms with Crippen LogP contribution in [-0.2, 0) is 0 Å². The number of halogens is 2. The van der Waals surface area contributed by atoms with Crippen molar-refractivity contribution in [2.24, 2.45) is 0 Å². The van der Waals surface area contributed by atoms with Gasteiger partial charge in [0.1, 0.15) is 23.2 Å². The van der Waals surface area contributed by atoms with Gasteiger partial charge in [0, 0.05) is 22.5 Å². The van der Waals surface area contributed by atoms with Gasteiger partial charge < -0.3 is 10.6 Å². The maximum atomic E-state index is 13.3. The van der Waals surface area contributed by atoms with Gasteiger partial charge in [0.25, 0.3) is 5.91 Å². The molecule has 1 amide bonds. The second-order valence-electron chi connectivity index (χ2n) is 5.28. The van der Waals surface area contributed by atoms with Gasteiger partial charge in [-0.15, -0.1) is 0 Å². The Morgan fingerprint density at radius 1 is 1.04 bits per heavy atom. The molecular weight excluding hydrogens is 343 g/mol. The molecule has 3 aromatic rings. The molecule has 0 fully saturated rings. The van der Waals surface area contributed by atoms with Gasteiger partial charge in [-0.25, -0.2) is 14.4 Å². The normalized spacial score (nSPS) is 10.4. The number of nitrogens with zero attached hydrogens (tertiary/aromatic N) is 2. The number of hydrogen-bond donors (Lipinski definition) is 2. The van der Waals surface area contributed by atoms with E-state index < -0.39 is 0 Å². The standard InChI is InChI=1S/C18H14ClFN4O/c1-11-21-16(18(25)24-14-7-5-12(19)6-8-14)10-17(22-11)23-15-4-2-3-13(20)9-15/h2-10H,1H3,(H,24,25)(H,21,22,23). The highest BCUT2D eigenvalue weighted by molar-refractivity contribution is 6.30. The van der Waals surface area contributed by atoms with Gasteiger partial charge in [-0.05, 0) is 49.4 Å². The van der Waals surface area contributed by atoms with Gasteiger partial charge in [0.15, 0.2) is 0 Å². The second kappa shape index (κ2) is 7.27. The van der Waals surface area contributed by atoms with E-state index in [4.69, 9.17) is 11.6 Å². The first-order valence-electron chi connectivity index (χ1n) is 7.45. The zero-order chi connectivity index (χ0) is 17.8. The van der Waals surface area contributed by atoms with Crippen molar-refractivity contribution >= 4 is 34.7 Å². The minimum atomic E-state index is -0.380. The quantitative estimate of drug-likeness (QED) is 0.718. The van der Waals surface area contributed by atoms with Crippen LogP contribution < -0.4 is 10.6 Å². The van der Waals surface area contributed by atoms with Crippen LogP contribution in [0.25, 0.3) is 0 Å². The van der Waals surface area contributed by atoms with Crippen molar-refractivity contribution in [3.8, 4) is 0 Å². The van der Waals surface area contributed by atoms with E-state index in [1.165, 1.54) is 18.2 Å². The minimum absolute atomic E-state index is 0.196. The van der Waals surface area contributed by atoms with E-state index in [0.29, 0.717) is 28.0 Å². The lowest BCUT2D eigenvalue weighted by atomic mass is 10.3. The summed E-state index contributed by atoms with van der Waals surface area (Å²) in [7, 11) is 0. The molecule has 25 heavy (non-hydrogen) atoms. The Morgan fingerprint density at radius 2 is 1.80 bits per heavy atom. The van der Waals surface area contributed by atoms with Crippen molar-refractivity contribution in [1.29, 1.82) is 0 Å². The fourth-order valence-electron chi connectivity index (χ4n) is 2.19. The number of nitrogens with one attached hydrogen (secondary N) is 2. The van der Waals surface area contributed by atoms with Crippen LogP contribution in [0, 0.1) is 12.7 Å². The molecule has 0 unspecified atom stereocenters. The highest BCUT2D eigenvalue weighted by Gasteiger charge is 2.11. The summed E-state index contributed by atoms with van der Waals surface area (Å²) in [4.78, 5) is 20.7. The summed E-state index contributed by atoms with van der Waals surface area (Å²) in [6.07, 6.45) is 0. The number of aromatic nitrogens is 2. The Labute approximate surface area is 148 Å². The molecule has 0 saturated heterocycles. The molecule has 1 aromatic heterocycles. The number of hydrogen-bond acceptors (Lipinski definition) is 4. The van der Waals surface area contributed by atoms with Crippen LogP contribution in [0.4, 0.5) is 21.6 Å². The number of aryl methyl sites for hydroxylation is 1. The van der Waals surface area contributed by atoms with Gasteiger partial charge in [-0.3, -0.25) is 4.79 Å². The Bertz CT molecular complexity index is 915. The predicted octanol–water partition coefficient (Wildman–Crippen LogP) is 4.57. The van der Waals surface area contributed by atoms with Gasteiger partial charge in [-0.2, -0.15) is 0 Å². The van der Waals surface area contributed by atoms with Crippen LogP contribution in [0.5, 0.6) is 0 Å². The van der Waals surface area contributed by atoms with E-state index in [1.54, 1.807) is 43.3 Å². The highest BCUT2D eigenvalue weighted by Crippen LogP contribution is 2.18. The third kappa shape index (κ3) is 4.51. The lowest BCUT2D eigenvalue weighted by Crippen LogP contribution is -2.15. The van der Waals surface area contributed by atoms with Crippen LogP contribution in [0.1, 0.15) is 16.3 Å². The number of carbonyl (C=O) groups excluding carboxylic acids is 1. The number of carbonyl (C=O) groups is 1. The fourth-order valence-corrected chi connectivity index (χ4v) is 2.32. The molecule has 2 N–H and O–H groups in total. The summed E-state index contributed by atoms with van der Waals surface area (Å²) < 4.78 is 13.3. The molecule has 0 aliphatic rings. The van der Waals surface area contributed by atoms with Crippen LogP contribution in [-0.4, -0.2) is 15.9 Å². The van der Waals surface area contributed by atoms with Crippen LogP contribution in [0.15, 0.2) is 54.6 Å². The first kappa shape index (κ1) is 16.9. The van der Waals surface area contributed by atoms with Gasteiger partial charge >= 0.3 is 0 Å². The molecular formula is C18H14ClFN4O. The molecule has 3 rings (SSSR count). The minimum Gasteiger partial charge on any atom is -0.340 e. The first-order chi connectivity index (χ1) is 12.0. The van der Waals surface area contributed by atoms with Crippen molar-refractivity contribution in [2.75, 3.05) is 10.6 Å². The monoisotopic (exact) mass is 356 g/mol. The maximum Gasteiger partial charge on any atom is 0.274 e. The Kier molecular flexibility index (Phi) is 4.90. The molecule has 7 heteroatoms. The molecule has 1 heterocycles. The average molecular weight is 357 g/mol. The summed E-state index contributed by atoms with van der Waals surface area (Å²) in [5.74, 6) is 0.0774. The van der Waals surface area contributed by atoms with E-state index in [0.717, 1.165) is 0 Å². The largest absolute Gasteiger partial charge is 0.340 e. The number of amides is 1.